The van der Waals surface area contributed by atoms with E-state index in [0.717, 1.165) is 28.9 Å². The fourth-order valence-electron chi connectivity index (χ4n) is 3.23. The molecule has 0 bridgehead atoms. The molecule has 0 unspecified atom stereocenters. The standard InChI is InChI=1S/C26H29NO5.ClH/c1-2-15-32-25-17-21(10-13-23(25)26(29)30)19-8-11-22(12-9-19)31-16-14-27-18-24(28)20-6-4-3-5-7-20;/h3-13,17,24,27-28H,2,14-16,18H2,1H3,(H,29,30);1H/t24-;/m1./s1. The Balaban J connectivity index is 0.00000385. The van der Waals surface area contributed by atoms with Crippen LogP contribution < -0.4 is 14.8 Å². The zero-order valence-corrected chi connectivity index (χ0v) is 19.4. The molecule has 0 aliphatic heterocycles. The predicted molar refractivity (Wildman–Crippen MR) is 132 cm³/mol. The maximum Gasteiger partial charge on any atom is 0.339 e. The van der Waals surface area contributed by atoms with Gasteiger partial charge in [0.15, 0.2) is 0 Å². The molecule has 0 aromatic heterocycles. The van der Waals surface area contributed by atoms with E-state index in [4.69, 9.17) is 9.47 Å². The molecular formula is C26H30ClNO5. The molecule has 3 N–H and O–H groups in total. The highest BCUT2D eigenvalue weighted by atomic mass is 35.5. The summed E-state index contributed by atoms with van der Waals surface area (Å²) in [4.78, 5) is 11.4. The summed E-state index contributed by atoms with van der Waals surface area (Å²) in [6, 6.07) is 22.3. The van der Waals surface area contributed by atoms with E-state index >= 15 is 0 Å². The first kappa shape index (κ1) is 26.2. The Morgan fingerprint density at radius 1 is 0.939 bits per heavy atom. The third kappa shape index (κ3) is 7.79. The maximum absolute atomic E-state index is 11.4. The van der Waals surface area contributed by atoms with Crippen molar-refractivity contribution in [1.82, 2.24) is 5.32 Å². The largest absolute Gasteiger partial charge is 0.493 e. The topological polar surface area (TPSA) is 88.0 Å². The Hall–Kier alpha value is -3.06. The molecule has 33 heavy (non-hydrogen) atoms. The number of rotatable bonds is 12. The Morgan fingerprint density at radius 2 is 1.64 bits per heavy atom. The molecule has 6 nitrogen and oxygen atoms in total. The van der Waals surface area contributed by atoms with Gasteiger partial charge in [-0.2, -0.15) is 0 Å². The summed E-state index contributed by atoms with van der Waals surface area (Å²) in [5, 5.41) is 22.7. The molecule has 1 atom stereocenters. The Kier molecular flexibility index (Phi) is 10.7. The van der Waals surface area contributed by atoms with E-state index in [-0.39, 0.29) is 18.0 Å². The summed E-state index contributed by atoms with van der Waals surface area (Å²) >= 11 is 0. The van der Waals surface area contributed by atoms with Gasteiger partial charge in [-0.15, -0.1) is 12.4 Å². The number of nitrogens with one attached hydrogen (secondary N) is 1. The molecule has 3 aromatic rings. The smallest absolute Gasteiger partial charge is 0.339 e. The lowest BCUT2D eigenvalue weighted by Crippen LogP contribution is -2.26. The number of carbonyl (C=O) groups is 1. The van der Waals surface area contributed by atoms with Gasteiger partial charge in [0, 0.05) is 13.1 Å². The molecule has 7 heteroatoms. The Bertz CT molecular complexity index is 995. The van der Waals surface area contributed by atoms with Crippen LogP contribution in [0.3, 0.4) is 0 Å². The van der Waals surface area contributed by atoms with Crippen LogP contribution in [-0.2, 0) is 0 Å². The molecule has 0 radical (unpaired) electrons. The molecule has 0 heterocycles. The molecule has 0 spiro atoms. The van der Waals surface area contributed by atoms with E-state index in [1.807, 2.05) is 61.5 Å². The zero-order valence-electron chi connectivity index (χ0n) is 18.6. The van der Waals surface area contributed by atoms with E-state index < -0.39 is 12.1 Å². The molecule has 176 valence electrons. The molecule has 0 saturated heterocycles. The molecule has 0 fully saturated rings. The van der Waals surface area contributed by atoms with Crippen LogP contribution in [0.2, 0.25) is 0 Å². The second-order valence-corrected chi connectivity index (χ2v) is 7.37. The normalized spacial score (nSPS) is 11.3. The van der Waals surface area contributed by atoms with Crippen LogP contribution in [0.5, 0.6) is 11.5 Å². The van der Waals surface area contributed by atoms with Gasteiger partial charge in [-0.05, 0) is 47.4 Å². The van der Waals surface area contributed by atoms with Gasteiger partial charge in [0.05, 0.1) is 12.7 Å². The molecule has 0 aliphatic rings. The van der Waals surface area contributed by atoms with Crippen LogP contribution in [0, 0.1) is 0 Å². The summed E-state index contributed by atoms with van der Waals surface area (Å²) in [6.07, 6.45) is 0.254. The Labute approximate surface area is 200 Å². The molecule has 0 aliphatic carbocycles. The van der Waals surface area contributed by atoms with Gasteiger partial charge in [0.2, 0.25) is 0 Å². The lowest BCUT2D eigenvalue weighted by molar-refractivity contribution is 0.0692. The van der Waals surface area contributed by atoms with Crippen LogP contribution in [0.15, 0.2) is 72.8 Å². The van der Waals surface area contributed by atoms with Gasteiger partial charge in [-0.1, -0.05) is 55.5 Å². The first-order valence-corrected chi connectivity index (χ1v) is 10.8. The van der Waals surface area contributed by atoms with Gasteiger partial charge in [-0.25, -0.2) is 4.79 Å². The second kappa shape index (κ2) is 13.5. The fraction of sp³-hybridized carbons (Fsp3) is 0.269. The van der Waals surface area contributed by atoms with Crippen molar-refractivity contribution in [2.75, 3.05) is 26.3 Å². The molecule has 3 rings (SSSR count). The van der Waals surface area contributed by atoms with Crippen LogP contribution in [0.4, 0.5) is 0 Å². The van der Waals surface area contributed by atoms with Gasteiger partial charge in [0.25, 0.3) is 0 Å². The molecule has 0 saturated carbocycles. The van der Waals surface area contributed by atoms with Gasteiger partial charge in [0.1, 0.15) is 23.7 Å². The Morgan fingerprint density at radius 3 is 2.30 bits per heavy atom. The SMILES string of the molecule is CCCOc1cc(-c2ccc(OCCNC[C@@H](O)c3ccccc3)cc2)ccc1C(=O)O.Cl. The third-order valence-corrected chi connectivity index (χ3v) is 4.93. The third-order valence-electron chi connectivity index (χ3n) is 4.93. The monoisotopic (exact) mass is 471 g/mol. The van der Waals surface area contributed by atoms with Crippen molar-refractivity contribution in [1.29, 1.82) is 0 Å². The number of hydrogen-bond acceptors (Lipinski definition) is 5. The van der Waals surface area contributed by atoms with E-state index in [1.165, 1.54) is 0 Å². The first-order valence-electron chi connectivity index (χ1n) is 10.8. The summed E-state index contributed by atoms with van der Waals surface area (Å²) in [5.41, 5.74) is 2.87. The van der Waals surface area contributed by atoms with Crippen LogP contribution in [-0.4, -0.2) is 42.5 Å². The average Bonchev–Trinajstić information content (AvgIpc) is 2.83. The van der Waals surface area contributed by atoms with Gasteiger partial charge < -0.3 is 25.0 Å². The molecular weight excluding hydrogens is 442 g/mol. The lowest BCUT2D eigenvalue weighted by atomic mass is 10.0. The minimum absolute atomic E-state index is 0. The lowest BCUT2D eigenvalue weighted by Gasteiger charge is -2.13. The number of halogens is 1. The first-order chi connectivity index (χ1) is 15.6. The summed E-state index contributed by atoms with van der Waals surface area (Å²) in [5.74, 6) is 0.112. The zero-order chi connectivity index (χ0) is 22.8. The molecule has 3 aromatic carbocycles. The minimum atomic E-state index is -1.00. The summed E-state index contributed by atoms with van der Waals surface area (Å²) in [7, 11) is 0. The maximum atomic E-state index is 11.4. The number of aromatic carboxylic acids is 1. The van der Waals surface area contributed by atoms with Crippen molar-refractivity contribution < 1.29 is 24.5 Å². The van der Waals surface area contributed by atoms with Crippen molar-refractivity contribution >= 4 is 18.4 Å². The summed E-state index contributed by atoms with van der Waals surface area (Å²) < 4.78 is 11.4. The fourth-order valence-corrected chi connectivity index (χ4v) is 3.23. The number of carboxylic acids is 1. The van der Waals surface area contributed by atoms with E-state index in [9.17, 15) is 15.0 Å². The number of aliphatic hydroxyl groups is 1. The summed E-state index contributed by atoms with van der Waals surface area (Å²) in [6.45, 7) is 3.99. The highest BCUT2D eigenvalue weighted by Gasteiger charge is 2.13. The highest BCUT2D eigenvalue weighted by Crippen LogP contribution is 2.29. The average molecular weight is 472 g/mol. The number of aliphatic hydroxyl groups excluding tert-OH is 1. The predicted octanol–water partition coefficient (Wildman–Crippen LogP) is 4.96. The van der Waals surface area contributed by atoms with Crippen molar-refractivity contribution in [3.8, 4) is 22.6 Å². The molecule has 0 amide bonds. The minimum Gasteiger partial charge on any atom is -0.493 e. The van der Waals surface area contributed by atoms with E-state index in [2.05, 4.69) is 5.32 Å². The number of benzene rings is 3. The van der Waals surface area contributed by atoms with Crippen molar-refractivity contribution in [2.24, 2.45) is 0 Å². The van der Waals surface area contributed by atoms with Gasteiger partial charge in [-0.3, -0.25) is 0 Å². The number of hydrogen-bond donors (Lipinski definition) is 3. The highest BCUT2D eigenvalue weighted by molar-refractivity contribution is 5.92. The van der Waals surface area contributed by atoms with Crippen molar-refractivity contribution in [3.05, 3.63) is 83.9 Å². The van der Waals surface area contributed by atoms with Crippen LogP contribution >= 0.6 is 12.4 Å². The van der Waals surface area contributed by atoms with Crippen molar-refractivity contribution in [2.45, 2.75) is 19.4 Å². The van der Waals surface area contributed by atoms with Crippen molar-refractivity contribution in [3.63, 3.8) is 0 Å². The quantitative estimate of drug-likeness (QED) is 0.323. The van der Waals surface area contributed by atoms with Gasteiger partial charge >= 0.3 is 5.97 Å². The second-order valence-electron chi connectivity index (χ2n) is 7.37. The van der Waals surface area contributed by atoms with Crippen LogP contribution in [0.1, 0.15) is 35.4 Å². The van der Waals surface area contributed by atoms with Crippen LogP contribution in [0.25, 0.3) is 11.1 Å². The van der Waals surface area contributed by atoms with E-state index in [0.29, 0.717) is 32.1 Å². The van der Waals surface area contributed by atoms with E-state index in [1.54, 1.807) is 18.2 Å². The number of ether oxygens (including phenoxy) is 2. The number of carboxylic acid groups (broad SMARTS) is 1.